The van der Waals surface area contributed by atoms with E-state index in [0.717, 1.165) is 0 Å². The third-order valence-electron chi connectivity index (χ3n) is 1.77. The lowest BCUT2D eigenvalue weighted by atomic mass is 10.0. The van der Waals surface area contributed by atoms with E-state index in [2.05, 4.69) is 12.6 Å². The van der Waals surface area contributed by atoms with Gasteiger partial charge in [0.05, 0.1) is 6.42 Å². The van der Waals surface area contributed by atoms with Gasteiger partial charge in [-0.05, 0) is 17.7 Å². The molecule has 1 aromatic carbocycles. The van der Waals surface area contributed by atoms with E-state index in [1.165, 1.54) is 0 Å². The molecule has 1 aromatic rings. The van der Waals surface area contributed by atoms with Gasteiger partial charge >= 0.3 is 6.18 Å². The van der Waals surface area contributed by atoms with Gasteiger partial charge < -0.3 is 5.73 Å². The molecule has 5 heteroatoms. The molecule has 0 fully saturated rings. The number of nitrogens with two attached hydrogens (primary N) is 1. The van der Waals surface area contributed by atoms with Crippen molar-refractivity contribution >= 4 is 12.6 Å². The Morgan fingerprint density at radius 1 is 1.21 bits per heavy atom. The Labute approximate surface area is 85.5 Å². The molecule has 0 radical (unpaired) electrons. The summed E-state index contributed by atoms with van der Waals surface area (Å²) in [6.07, 6.45) is -5.22. The van der Waals surface area contributed by atoms with E-state index < -0.39 is 18.6 Å². The summed E-state index contributed by atoms with van der Waals surface area (Å²) in [5.41, 5.74) is 5.86. The summed E-state index contributed by atoms with van der Waals surface area (Å²) in [5.74, 6) is 0. The molecule has 1 rings (SSSR count). The van der Waals surface area contributed by atoms with Crippen LogP contribution >= 0.6 is 12.6 Å². The van der Waals surface area contributed by atoms with Crippen molar-refractivity contribution < 1.29 is 13.2 Å². The minimum absolute atomic E-state index is 0.472. The van der Waals surface area contributed by atoms with Gasteiger partial charge in [0.15, 0.2) is 0 Å². The van der Waals surface area contributed by atoms with Crippen LogP contribution in [0, 0.1) is 0 Å². The van der Waals surface area contributed by atoms with Gasteiger partial charge in [-0.15, -0.1) is 12.6 Å². The smallest absolute Gasteiger partial charge is 0.324 e. The molecule has 0 bridgehead atoms. The van der Waals surface area contributed by atoms with Crippen LogP contribution in [0.15, 0.2) is 29.2 Å². The second-order valence-corrected chi connectivity index (χ2v) is 3.53. The lowest BCUT2D eigenvalue weighted by molar-refractivity contribution is -0.138. The third-order valence-corrected chi connectivity index (χ3v) is 2.07. The standard InChI is InChI=1S/C9H10F3NS/c10-9(11,12)5-8(13)6-1-3-7(14)4-2-6/h1-4,8,14H,5,13H2. The Bertz CT molecular complexity index is 294. The SMILES string of the molecule is NC(CC(F)(F)F)c1ccc(S)cc1. The van der Waals surface area contributed by atoms with E-state index in [-0.39, 0.29) is 0 Å². The van der Waals surface area contributed by atoms with E-state index in [1.54, 1.807) is 24.3 Å². The van der Waals surface area contributed by atoms with Crippen LogP contribution in [0.2, 0.25) is 0 Å². The maximum atomic E-state index is 12.0. The Morgan fingerprint density at radius 2 is 1.71 bits per heavy atom. The lowest BCUT2D eigenvalue weighted by Crippen LogP contribution is -2.20. The van der Waals surface area contributed by atoms with Crippen LogP contribution < -0.4 is 5.73 Å². The average molecular weight is 221 g/mol. The summed E-state index contributed by atoms with van der Waals surface area (Å²) >= 11 is 4.02. The average Bonchev–Trinajstić information content (AvgIpc) is 2.02. The number of thiol groups is 1. The highest BCUT2D eigenvalue weighted by atomic mass is 32.1. The highest BCUT2D eigenvalue weighted by molar-refractivity contribution is 7.80. The molecule has 0 saturated heterocycles. The molecular formula is C9H10F3NS. The van der Waals surface area contributed by atoms with Crippen molar-refractivity contribution in [2.75, 3.05) is 0 Å². The van der Waals surface area contributed by atoms with Gasteiger partial charge in [-0.1, -0.05) is 12.1 Å². The van der Waals surface area contributed by atoms with Gasteiger partial charge in [-0.3, -0.25) is 0 Å². The first-order valence-electron chi connectivity index (χ1n) is 4.00. The van der Waals surface area contributed by atoms with E-state index >= 15 is 0 Å². The van der Waals surface area contributed by atoms with Crippen LogP contribution in [0.3, 0.4) is 0 Å². The highest BCUT2D eigenvalue weighted by Gasteiger charge is 2.30. The second-order valence-electron chi connectivity index (χ2n) is 3.02. The zero-order valence-electron chi connectivity index (χ0n) is 7.25. The maximum Gasteiger partial charge on any atom is 0.390 e. The molecule has 0 aliphatic carbocycles. The van der Waals surface area contributed by atoms with Crippen LogP contribution in [0.25, 0.3) is 0 Å². The molecule has 2 N–H and O–H groups in total. The molecule has 1 atom stereocenters. The first kappa shape index (κ1) is 11.4. The predicted octanol–water partition coefficient (Wildman–Crippen LogP) is 2.93. The van der Waals surface area contributed by atoms with Crippen molar-refractivity contribution in [1.29, 1.82) is 0 Å². The summed E-state index contributed by atoms with van der Waals surface area (Å²) < 4.78 is 35.9. The number of halogens is 3. The highest BCUT2D eigenvalue weighted by Crippen LogP contribution is 2.28. The Hall–Kier alpha value is -0.680. The van der Waals surface area contributed by atoms with Crippen LogP contribution in [-0.4, -0.2) is 6.18 Å². The van der Waals surface area contributed by atoms with Gasteiger partial charge in [0.2, 0.25) is 0 Å². The van der Waals surface area contributed by atoms with Crippen LogP contribution in [0.1, 0.15) is 18.0 Å². The van der Waals surface area contributed by atoms with Crippen molar-refractivity contribution in [2.45, 2.75) is 23.5 Å². The number of rotatable bonds is 2. The van der Waals surface area contributed by atoms with Crippen molar-refractivity contribution in [3.8, 4) is 0 Å². The number of hydrogen-bond acceptors (Lipinski definition) is 2. The number of hydrogen-bond donors (Lipinski definition) is 2. The van der Waals surface area contributed by atoms with Crippen molar-refractivity contribution in [3.05, 3.63) is 29.8 Å². The fourth-order valence-corrected chi connectivity index (χ4v) is 1.24. The molecule has 0 saturated carbocycles. The molecule has 0 aromatic heterocycles. The summed E-state index contributed by atoms with van der Waals surface area (Å²) in [4.78, 5) is 0.702. The zero-order chi connectivity index (χ0) is 10.8. The summed E-state index contributed by atoms with van der Waals surface area (Å²) in [5, 5.41) is 0. The first-order chi connectivity index (χ1) is 6.38. The summed E-state index contributed by atoms with van der Waals surface area (Å²) in [7, 11) is 0. The monoisotopic (exact) mass is 221 g/mol. The number of alkyl halides is 3. The Balaban J connectivity index is 2.70. The second kappa shape index (κ2) is 4.23. The zero-order valence-corrected chi connectivity index (χ0v) is 8.15. The van der Waals surface area contributed by atoms with Gasteiger partial charge in [-0.25, -0.2) is 0 Å². The van der Waals surface area contributed by atoms with Gasteiger partial charge in [-0.2, -0.15) is 13.2 Å². The normalized spacial score (nSPS) is 14.1. The lowest BCUT2D eigenvalue weighted by Gasteiger charge is -2.14. The summed E-state index contributed by atoms with van der Waals surface area (Å²) in [6.45, 7) is 0. The quantitative estimate of drug-likeness (QED) is 0.738. The minimum atomic E-state index is -4.22. The molecule has 14 heavy (non-hydrogen) atoms. The predicted molar refractivity (Wildman–Crippen MR) is 51.3 cm³/mol. The van der Waals surface area contributed by atoms with Crippen molar-refractivity contribution in [1.82, 2.24) is 0 Å². The maximum absolute atomic E-state index is 12.0. The largest absolute Gasteiger partial charge is 0.390 e. The minimum Gasteiger partial charge on any atom is -0.324 e. The molecule has 0 heterocycles. The fourth-order valence-electron chi connectivity index (χ4n) is 1.09. The van der Waals surface area contributed by atoms with Crippen LogP contribution in [0.5, 0.6) is 0 Å². The van der Waals surface area contributed by atoms with Crippen LogP contribution in [0.4, 0.5) is 13.2 Å². The molecule has 1 unspecified atom stereocenters. The van der Waals surface area contributed by atoms with Crippen LogP contribution in [-0.2, 0) is 0 Å². The van der Waals surface area contributed by atoms with E-state index in [4.69, 9.17) is 5.73 Å². The molecule has 78 valence electrons. The van der Waals surface area contributed by atoms with E-state index in [1.807, 2.05) is 0 Å². The van der Waals surface area contributed by atoms with Crippen molar-refractivity contribution in [3.63, 3.8) is 0 Å². The Morgan fingerprint density at radius 3 is 2.14 bits per heavy atom. The van der Waals surface area contributed by atoms with E-state index in [0.29, 0.717) is 10.5 Å². The van der Waals surface area contributed by atoms with Gasteiger partial charge in [0, 0.05) is 10.9 Å². The van der Waals surface area contributed by atoms with Crippen molar-refractivity contribution in [2.24, 2.45) is 5.73 Å². The molecular weight excluding hydrogens is 211 g/mol. The Kier molecular flexibility index (Phi) is 3.44. The summed E-state index contributed by atoms with van der Waals surface area (Å²) in [6, 6.07) is 5.35. The topological polar surface area (TPSA) is 26.0 Å². The van der Waals surface area contributed by atoms with E-state index in [9.17, 15) is 13.2 Å². The molecule has 0 amide bonds. The molecule has 0 aliphatic rings. The number of benzene rings is 1. The third kappa shape index (κ3) is 3.59. The van der Waals surface area contributed by atoms with Gasteiger partial charge in [0.1, 0.15) is 0 Å². The van der Waals surface area contributed by atoms with Gasteiger partial charge in [0.25, 0.3) is 0 Å². The molecule has 0 spiro atoms. The fraction of sp³-hybridized carbons (Fsp3) is 0.333. The molecule has 1 nitrogen and oxygen atoms in total. The first-order valence-corrected chi connectivity index (χ1v) is 4.44. The molecule has 0 aliphatic heterocycles.